The first-order valence-corrected chi connectivity index (χ1v) is 20.9. The molecule has 60 heavy (non-hydrogen) atoms. The van der Waals surface area contributed by atoms with Crippen molar-refractivity contribution in [1.82, 2.24) is 8.97 Å². The van der Waals surface area contributed by atoms with Crippen LogP contribution in [-0.2, 0) is 5.41 Å². The maximum Gasteiger partial charge on any atom is 0.0703 e. The normalized spacial score (nSPS) is 13.0. The number of benzene rings is 9. The van der Waals surface area contributed by atoms with Crippen molar-refractivity contribution in [2.75, 3.05) is 4.90 Å². The fourth-order valence-electron chi connectivity index (χ4n) is 10.1. The van der Waals surface area contributed by atoms with E-state index < -0.39 is 0 Å². The SMILES string of the molecule is CC1(C)c2ccccc2-c2ccc(N(c3ccc(-c4ccccc4)cc3)c3ccc(-n4c5ccccc5c5cccc6c7ccccc7n(c7ccccc74)c56)cc3)cc21. The summed E-state index contributed by atoms with van der Waals surface area (Å²) in [5, 5.41) is 4.95. The Hall–Kier alpha value is -7.62. The number of aromatic nitrogens is 2. The van der Waals surface area contributed by atoms with Gasteiger partial charge >= 0.3 is 0 Å². The Morgan fingerprint density at radius 2 is 0.883 bits per heavy atom. The molecule has 0 fully saturated rings. The zero-order valence-electron chi connectivity index (χ0n) is 33.5. The summed E-state index contributed by atoms with van der Waals surface area (Å²) in [6.07, 6.45) is 0. The van der Waals surface area contributed by atoms with Crippen molar-refractivity contribution in [2.45, 2.75) is 19.3 Å². The van der Waals surface area contributed by atoms with Gasteiger partial charge in [0.05, 0.1) is 27.6 Å². The van der Waals surface area contributed by atoms with Crippen molar-refractivity contribution >= 4 is 66.2 Å². The van der Waals surface area contributed by atoms with Gasteiger partial charge in [0.2, 0.25) is 0 Å². The molecule has 12 rings (SSSR count). The van der Waals surface area contributed by atoms with Crippen molar-refractivity contribution in [3.05, 3.63) is 223 Å². The van der Waals surface area contributed by atoms with Crippen molar-refractivity contribution in [3.63, 3.8) is 0 Å². The smallest absolute Gasteiger partial charge is 0.0703 e. The summed E-state index contributed by atoms with van der Waals surface area (Å²) in [5.41, 5.74) is 18.0. The van der Waals surface area contributed by atoms with Crippen LogP contribution in [0.1, 0.15) is 25.0 Å². The van der Waals surface area contributed by atoms with Crippen LogP contribution in [0.2, 0.25) is 0 Å². The molecule has 0 unspecified atom stereocenters. The number of rotatable bonds is 5. The van der Waals surface area contributed by atoms with Crippen LogP contribution in [0.4, 0.5) is 17.1 Å². The molecule has 3 nitrogen and oxygen atoms in total. The predicted molar refractivity (Wildman–Crippen MR) is 253 cm³/mol. The fraction of sp³-hybridized carbons (Fsp3) is 0.0526. The maximum absolute atomic E-state index is 2.47. The van der Waals surface area contributed by atoms with Gasteiger partial charge in [0.15, 0.2) is 0 Å². The van der Waals surface area contributed by atoms with E-state index in [0.717, 1.165) is 39.3 Å². The van der Waals surface area contributed by atoms with Crippen LogP contribution in [0.15, 0.2) is 212 Å². The van der Waals surface area contributed by atoms with E-state index in [-0.39, 0.29) is 5.41 Å². The summed E-state index contributed by atoms with van der Waals surface area (Å²) >= 11 is 0. The van der Waals surface area contributed by atoms with Gasteiger partial charge in [-0.05, 0) is 106 Å². The quantitative estimate of drug-likeness (QED) is 0.170. The lowest BCUT2D eigenvalue weighted by molar-refractivity contribution is 0.660. The van der Waals surface area contributed by atoms with E-state index in [9.17, 15) is 0 Å². The Bertz CT molecular complexity index is 3500. The number of para-hydroxylation sites is 5. The summed E-state index contributed by atoms with van der Waals surface area (Å²) < 4.78 is 4.92. The Labute approximate surface area is 349 Å². The molecule has 0 aliphatic heterocycles. The summed E-state index contributed by atoms with van der Waals surface area (Å²) in [7, 11) is 0. The standard InChI is InChI=1S/C57H41N3/c1-57(2)50-22-9-6-17-44(50)45-36-35-43(37-51(45)57)58(40-29-27-39(28-30-40)38-15-4-3-5-16-38)41-31-33-42(34-32-41)59-52-23-10-7-18-46(52)48-20-14-21-49-47-19-8-11-24-53(47)60(56(48)49)55-26-13-12-25-54(55)59/h3-37H,1-2H3. The third-order valence-electron chi connectivity index (χ3n) is 12.9. The first kappa shape index (κ1) is 34.4. The Kier molecular flexibility index (Phi) is 7.58. The Balaban J connectivity index is 1.08. The van der Waals surface area contributed by atoms with Gasteiger partial charge in [0, 0.05) is 49.7 Å². The molecule has 0 atom stereocenters. The predicted octanol–water partition coefficient (Wildman–Crippen LogP) is 15.3. The number of hydrogen-bond acceptors (Lipinski definition) is 1. The number of fused-ring (bicyclic) bond motifs is 10. The van der Waals surface area contributed by atoms with E-state index in [4.69, 9.17) is 0 Å². The van der Waals surface area contributed by atoms with E-state index in [1.165, 1.54) is 66.0 Å². The molecule has 284 valence electrons. The zero-order chi connectivity index (χ0) is 40.0. The van der Waals surface area contributed by atoms with Crippen molar-refractivity contribution < 1.29 is 0 Å². The van der Waals surface area contributed by atoms with Crippen LogP contribution >= 0.6 is 0 Å². The molecule has 0 saturated carbocycles. The minimum absolute atomic E-state index is 0.115. The lowest BCUT2D eigenvalue weighted by Gasteiger charge is -2.28. The second-order valence-electron chi connectivity index (χ2n) is 16.6. The first-order valence-electron chi connectivity index (χ1n) is 20.9. The van der Waals surface area contributed by atoms with Crippen molar-refractivity contribution in [2.24, 2.45) is 0 Å². The average Bonchev–Trinajstić information content (AvgIpc) is 3.76. The summed E-state index contributed by atoms with van der Waals surface area (Å²) in [6, 6.07) is 78.0. The number of anilines is 3. The second kappa shape index (κ2) is 13.2. The van der Waals surface area contributed by atoms with E-state index in [1.54, 1.807) is 0 Å². The van der Waals surface area contributed by atoms with E-state index >= 15 is 0 Å². The zero-order valence-corrected chi connectivity index (χ0v) is 33.5. The van der Waals surface area contributed by atoms with Gasteiger partial charge in [-0.15, -0.1) is 0 Å². The van der Waals surface area contributed by atoms with Gasteiger partial charge in [-0.25, -0.2) is 0 Å². The van der Waals surface area contributed by atoms with E-state index in [2.05, 4.69) is 240 Å². The first-order chi connectivity index (χ1) is 29.5. The van der Waals surface area contributed by atoms with Gasteiger partial charge in [0.1, 0.15) is 0 Å². The molecule has 11 aromatic rings. The van der Waals surface area contributed by atoms with Gasteiger partial charge < -0.3 is 13.9 Å². The molecule has 1 aliphatic rings. The van der Waals surface area contributed by atoms with Crippen LogP contribution in [-0.4, -0.2) is 8.97 Å². The topological polar surface area (TPSA) is 12.6 Å². The average molecular weight is 768 g/mol. The van der Waals surface area contributed by atoms with Crippen LogP contribution < -0.4 is 4.90 Å². The van der Waals surface area contributed by atoms with Crippen molar-refractivity contribution in [1.29, 1.82) is 0 Å². The molecular weight excluding hydrogens is 727 g/mol. The fourth-order valence-corrected chi connectivity index (χ4v) is 10.1. The van der Waals surface area contributed by atoms with E-state index in [1.807, 2.05) is 0 Å². The molecule has 9 aromatic carbocycles. The highest BCUT2D eigenvalue weighted by atomic mass is 15.1. The molecule has 0 saturated heterocycles. The van der Waals surface area contributed by atoms with Crippen molar-refractivity contribution in [3.8, 4) is 27.9 Å². The van der Waals surface area contributed by atoms with Gasteiger partial charge in [0.25, 0.3) is 0 Å². The monoisotopic (exact) mass is 767 g/mol. The molecule has 0 spiro atoms. The molecule has 2 heterocycles. The third kappa shape index (κ3) is 5.09. The summed E-state index contributed by atoms with van der Waals surface area (Å²) in [5.74, 6) is 0. The lowest BCUT2D eigenvalue weighted by atomic mass is 9.82. The molecule has 3 heteroatoms. The molecule has 0 N–H and O–H groups in total. The number of hydrogen-bond donors (Lipinski definition) is 0. The molecular formula is C57H41N3. The lowest BCUT2D eigenvalue weighted by Crippen LogP contribution is -2.16. The Morgan fingerprint density at radius 3 is 1.62 bits per heavy atom. The maximum atomic E-state index is 2.47. The third-order valence-corrected chi connectivity index (χ3v) is 12.9. The largest absolute Gasteiger partial charge is 0.310 e. The van der Waals surface area contributed by atoms with Crippen LogP contribution in [0.3, 0.4) is 0 Å². The van der Waals surface area contributed by atoms with Crippen LogP contribution in [0, 0.1) is 0 Å². The highest BCUT2D eigenvalue weighted by Gasteiger charge is 2.35. The molecule has 0 radical (unpaired) electrons. The van der Waals surface area contributed by atoms with Crippen LogP contribution in [0.5, 0.6) is 0 Å². The number of nitrogens with zero attached hydrogens (tertiary/aromatic N) is 3. The summed E-state index contributed by atoms with van der Waals surface area (Å²) in [4.78, 5) is 2.41. The van der Waals surface area contributed by atoms with Crippen LogP contribution in [0.25, 0.3) is 77.1 Å². The van der Waals surface area contributed by atoms with Gasteiger partial charge in [-0.2, -0.15) is 0 Å². The second-order valence-corrected chi connectivity index (χ2v) is 16.6. The molecule has 2 aromatic heterocycles. The highest BCUT2D eigenvalue weighted by Crippen LogP contribution is 2.51. The molecule has 1 aliphatic carbocycles. The van der Waals surface area contributed by atoms with E-state index in [0.29, 0.717) is 0 Å². The highest BCUT2D eigenvalue weighted by molar-refractivity contribution is 6.20. The summed E-state index contributed by atoms with van der Waals surface area (Å²) in [6.45, 7) is 4.71. The minimum Gasteiger partial charge on any atom is -0.310 e. The Morgan fingerprint density at radius 1 is 0.367 bits per heavy atom. The molecule has 0 bridgehead atoms. The molecule has 0 amide bonds. The minimum atomic E-state index is -0.115. The van der Waals surface area contributed by atoms with Gasteiger partial charge in [-0.3, -0.25) is 0 Å². The van der Waals surface area contributed by atoms with Gasteiger partial charge in [-0.1, -0.05) is 153 Å².